The zero-order valence-corrected chi connectivity index (χ0v) is 9.81. The summed E-state index contributed by atoms with van der Waals surface area (Å²) in [5.41, 5.74) is 0.0174. The van der Waals surface area contributed by atoms with Crippen LogP contribution in [0.15, 0.2) is 12.1 Å². The van der Waals surface area contributed by atoms with E-state index in [0.29, 0.717) is 5.56 Å². The van der Waals surface area contributed by atoms with Gasteiger partial charge in [-0.2, -0.15) is 0 Å². The largest absolute Gasteiger partial charge is 0.485 e. The van der Waals surface area contributed by atoms with E-state index in [1.807, 2.05) is 0 Å². The van der Waals surface area contributed by atoms with Crippen LogP contribution >= 0.6 is 0 Å². The molecule has 0 saturated heterocycles. The number of ether oxygens (including phenoxy) is 1. The van der Waals surface area contributed by atoms with Gasteiger partial charge in [0.1, 0.15) is 6.10 Å². The van der Waals surface area contributed by atoms with Crippen molar-refractivity contribution >= 4 is 5.69 Å². The van der Waals surface area contributed by atoms with E-state index in [1.54, 1.807) is 6.92 Å². The molecule has 2 atom stereocenters. The summed E-state index contributed by atoms with van der Waals surface area (Å²) in [5, 5.41) is 19.8. The van der Waals surface area contributed by atoms with Gasteiger partial charge in [0.15, 0.2) is 11.6 Å². The number of nitrogens with zero attached hydrogens (tertiary/aromatic N) is 1. The van der Waals surface area contributed by atoms with Gasteiger partial charge in [-0.3, -0.25) is 10.1 Å². The maximum atomic E-state index is 13.5. The van der Waals surface area contributed by atoms with Gasteiger partial charge in [0, 0.05) is 5.56 Å². The quantitative estimate of drug-likeness (QED) is 0.649. The van der Waals surface area contributed by atoms with Crippen LogP contribution in [0.2, 0.25) is 0 Å². The van der Waals surface area contributed by atoms with Gasteiger partial charge in [0.25, 0.3) is 5.69 Å². The molecule has 0 spiro atoms. The molecule has 0 aliphatic rings. The van der Waals surface area contributed by atoms with Crippen molar-refractivity contribution in [3.05, 3.63) is 33.6 Å². The molecule has 94 valence electrons. The Balaban J connectivity index is 3.03. The van der Waals surface area contributed by atoms with E-state index in [2.05, 4.69) is 0 Å². The topological polar surface area (TPSA) is 72.6 Å². The number of hydrogen-bond acceptors (Lipinski definition) is 4. The number of aryl methyl sites for hydroxylation is 1. The number of nitro groups is 1. The van der Waals surface area contributed by atoms with Gasteiger partial charge in [-0.25, -0.2) is 4.39 Å². The maximum absolute atomic E-state index is 13.5. The zero-order valence-electron chi connectivity index (χ0n) is 9.81. The molecule has 0 fully saturated rings. The lowest BCUT2D eigenvalue weighted by Gasteiger charge is -2.17. The van der Waals surface area contributed by atoms with E-state index < -0.39 is 22.9 Å². The number of aliphatic hydroxyl groups is 1. The SMILES string of the molecule is Cc1cc(OC(C)C(C)O)c(F)cc1[N+](=O)[O-]. The molecule has 0 saturated carbocycles. The number of rotatable bonds is 4. The van der Waals surface area contributed by atoms with Gasteiger partial charge in [0.2, 0.25) is 0 Å². The number of hydrogen-bond donors (Lipinski definition) is 1. The molecule has 1 aromatic rings. The molecule has 1 N–H and O–H groups in total. The highest BCUT2D eigenvalue weighted by Crippen LogP contribution is 2.27. The van der Waals surface area contributed by atoms with Crippen molar-refractivity contribution in [3.63, 3.8) is 0 Å². The standard InChI is InChI=1S/C11H14FNO4/c1-6-4-11(17-8(3)7(2)14)9(12)5-10(6)13(15)16/h4-5,7-8,14H,1-3H3. The van der Waals surface area contributed by atoms with Gasteiger partial charge in [0.05, 0.1) is 17.1 Å². The molecule has 2 unspecified atom stereocenters. The zero-order chi connectivity index (χ0) is 13.2. The van der Waals surface area contributed by atoms with Gasteiger partial charge < -0.3 is 9.84 Å². The van der Waals surface area contributed by atoms with E-state index in [1.165, 1.54) is 19.9 Å². The first-order valence-corrected chi connectivity index (χ1v) is 5.12. The molecule has 0 aliphatic carbocycles. The number of nitro benzene ring substituents is 1. The smallest absolute Gasteiger partial charge is 0.275 e. The van der Waals surface area contributed by atoms with Crippen molar-refractivity contribution in [2.75, 3.05) is 0 Å². The second kappa shape index (κ2) is 5.09. The van der Waals surface area contributed by atoms with E-state index in [9.17, 15) is 19.6 Å². The molecular formula is C11H14FNO4. The average molecular weight is 243 g/mol. The van der Waals surface area contributed by atoms with Crippen LogP contribution in [-0.2, 0) is 0 Å². The minimum Gasteiger partial charge on any atom is -0.485 e. The molecular weight excluding hydrogens is 229 g/mol. The number of halogens is 1. The Morgan fingerprint density at radius 1 is 1.47 bits per heavy atom. The summed E-state index contributed by atoms with van der Waals surface area (Å²) < 4.78 is 18.7. The third kappa shape index (κ3) is 3.13. The van der Waals surface area contributed by atoms with Crippen LogP contribution in [0.5, 0.6) is 5.75 Å². The number of aliphatic hydroxyl groups excluding tert-OH is 1. The van der Waals surface area contributed by atoms with E-state index in [-0.39, 0.29) is 11.4 Å². The first-order chi connectivity index (χ1) is 7.82. The van der Waals surface area contributed by atoms with Crippen LogP contribution < -0.4 is 4.74 Å². The van der Waals surface area contributed by atoms with Crippen molar-refractivity contribution < 1.29 is 19.2 Å². The third-order valence-electron chi connectivity index (χ3n) is 2.44. The Hall–Kier alpha value is -1.69. The summed E-state index contributed by atoms with van der Waals surface area (Å²) in [6.07, 6.45) is -1.35. The molecule has 0 aromatic heterocycles. The summed E-state index contributed by atoms with van der Waals surface area (Å²) in [4.78, 5) is 9.92. The van der Waals surface area contributed by atoms with Crippen molar-refractivity contribution in [1.82, 2.24) is 0 Å². The van der Waals surface area contributed by atoms with Crippen LogP contribution in [0, 0.1) is 22.9 Å². The van der Waals surface area contributed by atoms with Crippen molar-refractivity contribution in [2.24, 2.45) is 0 Å². The molecule has 1 aromatic carbocycles. The summed E-state index contributed by atoms with van der Waals surface area (Å²) >= 11 is 0. The van der Waals surface area contributed by atoms with Gasteiger partial charge >= 0.3 is 0 Å². The van der Waals surface area contributed by atoms with Gasteiger partial charge in [-0.05, 0) is 26.8 Å². The summed E-state index contributed by atoms with van der Waals surface area (Å²) in [6.45, 7) is 4.60. The van der Waals surface area contributed by atoms with Crippen LogP contribution in [0.1, 0.15) is 19.4 Å². The van der Waals surface area contributed by atoms with Crippen LogP contribution in [-0.4, -0.2) is 22.2 Å². The fraction of sp³-hybridized carbons (Fsp3) is 0.455. The molecule has 0 heterocycles. The Morgan fingerprint density at radius 3 is 2.53 bits per heavy atom. The Bertz CT molecular complexity index is 434. The summed E-state index contributed by atoms with van der Waals surface area (Å²) in [7, 11) is 0. The van der Waals surface area contributed by atoms with Crippen LogP contribution in [0.3, 0.4) is 0 Å². The fourth-order valence-corrected chi connectivity index (χ4v) is 1.23. The van der Waals surface area contributed by atoms with E-state index in [0.717, 1.165) is 6.07 Å². The molecule has 0 amide bonds. The normalized spacial score (nSPS) is 14.2. The minimum atomic E-state index is -0.810. The van der Waals surface area contributed by atoms with Crippen molar-refractivity contribution in [3.8, 4) is 5.75 Å². The Kier molecular flexibility index (Phi) is 4.01. The monoisotopic (exact) mass is 243 g/mol. The highest BCUT2D eigenvalue weighted by molar-refractivity contribution is 5.45. The minimum absolute atomic E-state index is 0.0958. The van der Waals surface area contributed by atoms with Gasteiger partial charge in [-0.15, -0.1) is 0 Å². The van der Waals surface area contributed by atoms with Crippen molar-refractivity contribution in [1.29, 1.82) is 0 Å². The predicted molar refractivity (Wildman–Crippen MR) is 59.6 cm³/mol. The lowest BCUT2D eigenvalue weighted by molar-refractivity contribution is -0.385. The predicted octanol–water partition coefficient (Wildman–Crippen LogP) is 2.19. The lowest BCUT2D eigenvalue weighted by atomic mass is 10.2. The summed E-state index contributed by atoms with van der Waals surface area (Å²) in [5.74, 6) is -0.906. The van der Waals surface area contributed by atoms with Gasteiger partial charge in [-0.1, -0.05) is 0 Å². The highest BCUT2D eigenvalue weighted by atomic mass is 19.1. The highest BCUT2D eigenvalue weighted by Gasteiger charge is 2.19. The molecule has 0 aliphatic heterocycles. The fourth-order valence-electron chi connectivity index (χ4n) is 1.23. The van der Waals surface area contributed by atoms with Crippen molar-refractivity contribution in [2.45, 2.75) is 33.0 Å². The van der Waals surface area contributed by atoms with Crippen LogP contribution in [0.25, 0.3) is 0 Å². The molecule has 1 rings (SSSR count). The molecule has 6 heteroatoms. The Morgan fingerprint density at radius 2 is 2.06 bits per heavy atom. The lowest BCUT2D eigenvalue weighted by Crippen LogP contribution is -2.26. The van der Waals surface area contributed by atoms with E-state index in [4.69, 9.17) is 4.74 Å². The van der Waals surface area contributed by atoms with Crippen LogP contribution in [0.4, 0.5) is 10.1 Å². The third-order valence-corrected chi connectivity index (χ3v) is 2.44. The first kappa shape index (κ1) is 13.4. The molecule has 17 heavy (non-hydrogen) atoms. The second-order valence-corrected chi connectivity index (χ2v) is 3.89. The Labute approximate surface area is 98.0 Å². The first-order valence-electron chi connectivity index (χ1n) is 5.12. The summed E-state index contributed by atoms with van der Waals surface area (Å²) in [6, 6.07) is 2.08. The molecule has 0 bridgehead atoms. The maximum Gasteiger partial charge on any atom is 0.275 e. The molecule has 5 nitrogen and oxygen atoms in total. The average Bonchev–Trinajstić information content (AvgIpc) is 2.22. The second-order valence-electron chi connectivity index (χ2n) is 3.89. The number of benzene rings is 1. The van der Waals surface area contributed by atoms with E-state index >= 15 is 0 Å². The molecule has 0 radical (unpaired) electrons.